The fraction of sp³-hybridized carbons (Fsp3) is 0.214. The number of hydrogen-bond donors (Lipinski definition) is 0. The molecule has 0 bridgehead atoms. The quantitative estimate of drug-likeness (QED) is 0.786. The highest BCUT2D eigenvalue weighted by molar-refractivity contribution is 9.11. The molecule has 2 rings (SSSR count). The monoisotopic (exact) mass is 324 g/mol. The van der Waals surface area contributed by atoms with Gasteiger partial charge in [0.1, 0.15) is 5.75 Å². The number of Topliss-reactive ketones (excluding diaryl/α,β-unsaturated/α-hetero) is 1. The van der Waals surface area contributed by atoms with Crippen molar-refractivity contribution in [1.29, 1.82) is 0 Å². The lowest BCUT2D eigenvalue weighted by Crippen LogP contribution is -2.02. The lowest BCUT2D eigenvalue weighted by Gasteiger charge is -2.06. The number of carbonyl (C=O) groups excluding carboxylic acids is 1. The van der Waals surface area contributed by atoms with Crippen molar-refractivity contribution in [1.82, 2.24) is 0 Å². The van der Waals surface area contributed by atoms with Gasteiger partial charge < -0.3 is 4.74 Å². The molecule has 2 aromatic rings. The zero-order valence-corrected chi connectivity index (χ0v) is 12.6. The number of methoxy groups -OCH3 is 1. The molecule has 1 aromatic carbocycles. The Morgan fingerprint density at radius 3 is 2.72 bits per heavy atom. The van der Waals surface area contributed by atoms with Crippen LogP contribution in [0.15, 0.2) is 34.1 Å². The van der Waals surface area contributed by atoms with Gasteiger partial charge in [0.2, 0.25) is 0 Å². The molecule has 4 heteroatoms. The molecule has 1 heterocycles. The highest BCUT2D eigenvalue weighted by atomic mass is 79.9. The molecule has 18 heavy (non-hydrogen) atoms. The first-order valence-electron chi connectivity index (χ1n) is 5.53. The van der Waals surface area contributed by atoms with Crippen LogP contribution in [-0.2, 0) is 6.42 Å². The smallest absolute Gasteiger partial charge is 0.177 e. The van der Waals surface area contributed by atoms with Crippen LogP contribution in [0, 0.1) is 6.92 Å². The Balaban J connectivity index is 2.21. The topological polar surface area (TPSA) is 26.3 Å². The molecular weight excluding hydrogens is 312 g/mol. The van der Waals surface area contributed by atoms with E-state index in [2.05, 4.69) is 15.9 Å². The molecule has 0 N–H and O–H groups in total. The Kier molecular flexibility index (Phi) is 4.19. The van der Waals surface area contributed by atoms with E-state index < -0.39 is 0 Å². The molecule has 0 saturated heterocycles. The largest absolute Gasteiger partial charge is 0.496 e. The Bertz CT molecular complexity index is 555. The van der Waals surface area contributed by atoms with E-state index in [1.807, 2.05) is 37.3 Å². The zero-order chi connectivity index (χ0) is 13.1. The van der Waals surface area contributed by atoms with Gasteiger partial charge in [-0.2, -0.15) is 0 Å². The van der Waals surface area contributed by atoms with Crippen molar-refractivity contribution in [2.75, 3.05) is 7.11 Å². The number of aryl methyl sites for hydroxylation is 1. The first-order chi connectivity index (χ1) is 8.61. The minimum Gasteiger partial charge on any atom is -0.496 e. The van der Waals surface area contributed by atoms with E-state index >= 15 is 0 Å². The average molecular weight is 325 g/mol. The van der Waals surface area contributed by atoms with Crippen LogP contribution in [0.25, 0.3) is 0 Å². The van der Waals surface area contributed by atoms with E-state index in [0.717, 1.165) is 25.5 Å². The maximum Gasteiger partial charge on any atom is 0.177 e. The minimum atomic E-state index is 0.123. The van der Waals surface area contributed by atoms with Gasteiger partial charge in [-0.1, -0.05) is 18.2 Å². The van der Waals surface area contributed by atoms with Crippen LogP contribution in [0.5, 0.6) is 5.75 Å². The fourth-order valence-electron chi connectivity index (χ4n) is 1.71. The predicted octanol–water partition coefficient (Wildman–Crippen LogP) is 4.25. The number of hydrogen-bond acceptors (Lipinski definition) is 3. The number of rotatable bonds is 4. The predicted molar refractivity (Wildman–Crippen MR) is 77.8 cm³/mol. The molecule has 2 nitrogen and oxygen atoms in total. The van der Waals surface area contributed by atoms with Crippen LogP contribution < -0.4 is 4.74 Å². The number of benzene rings is 1. The van der Waals surface area contributed by atoms with E-state index in [1.54, 1.807) is 7.11 Å². The number of ketones is 1. The van der Waals surface area contributed by atoms with Gasteiger partial charge in [-0.25, -0.2) is 0 Å². The van der Waals surface area contributed by atoms with Crippen molar-refractivity contribution >= 4 is 33.0 Å². The maximum atomic E-state index is 12.2. The second-order valence-corrected chi connectivity index (χ2v) is 6.35. The van der Waals surface area contributed by atoms with Crippen LogP contribution >= 0.6 is 27.3 Å². The summed E-state index contributed by atoms with van der Waals surface area (Å²) in [5, 5.41) is 0. The lowest BCUT2D eigenvalue weighted by atomic mass is 10.1. The van der Waals surface area contributed by atoms with Gasteiger partial charge in [0.25, 0.3) is 0 Å². The summed E-state index contributed by atoms with van der Waals surface area (Å²) >= 11 is 4.92. The Hall–Kier alpha value is -1.13. The number of thiophene rings is 1. The standard InChI is InChI=1S/C14H13BrO2S/c1-9-7-13(18-14(9)15)11(16)8-10-5-3-4-6-12(10)17-2/h3-7H,8H2,1-2H3. The van der Waals surface area contributed by atoms with E-state index in [9.17, 15) is 4.79 Å². The van der Waals surface area contributed by atoms with Crippen molar-refractivity contribution in [3.8, 4) is 5.75 Å². The third-order valence-electron chi connectivity index (χ3n) is 2.68. The summed E-state index contributed by atoms with van der Waals surface area (Å²) in [7, 11) is 1.62. The molecule has 94 valence electrons. The molecule has 0 saturated carbocycles. The molecule has 0 aliphatic rings. The minimum absolute atomic E-state index is 0.123. The number of ether oxygens (including phenoxy) is 1. The van der Waals surface area contributed by atoms with Crippen molar-refractivity contribution in [2.24, 2.45) is 0 Å². The Morgan fingerprint density at radius 1 is 1.39 bits per heavy atom. The van der Waals surface area contributed by atoms with E-state index in [1.165, 1.54) is 11.3 Å². The van der Waals surface area contributed by atoms with Gasteiger partial charge in [0.15, 0.2) is 5.78 Å². The maximum absolute atomic E-state index is 12.2. The van der Waals surface area contributed by atoms with Crippen LogP contribution in [0.3, 0.4) is 0 Å². The summed E-state index contributed by atoms with van der Waals surface area (Å²) in [6.07, 6.45) is 0.371. The Labute approximate surface area is 119 Å². The van der Waals surface area contributed by atoms with E-state index in [4.69, 9.17) is 4.74 Å². The molecule has 0 radical (unpaired) electrons. The van der Waals surface area contributed by atoms with Crippen molar-refractivity contribution in [3.63, 3.8) is 0 Å². The third-order valence-corrected chi connectivity index (χ3v) is 4.85. The highest BCUT2D eigenvalue weighted by Crippen LogP contribution is 2.29. The first kappa shape index (κ1) is 13.3. The third kappa shape index (κ3) is 2.82. The normalized spacial score (nSPS) is 10.4. The van der Waals surface area contributed by atoms with Crippen molar-refractivity contribution < 1.29 is 9.53 Å². The second kappa shape index (κ2) is 5.67. The molecule has 0 atom stereocenters. The molecule has 1 aromatic heterocycles. The van der Waals surface area contributed by atoms with E-state index in [-0.39, 0.29) is 5.78 Å². The lowest BCUT2D eigenvalue weighted by molar-refractivity contribution is 0.0996. The van der Waals surface area contributed by atoms with Crippen LogP contribution in [-0.4, -0.2) is 12.9 Å². The second-order valence-electron chi connectivity index (χ2n) is 3.98. The molecule has 0 aliphatic carbocycles. The highest BCUT2D eigenvalue weighted by Gasteiger charge is 2.13. The summed E-state index contributed by atoms with van der Waals surface area (Å²) in [6.45, 7) is 1.99. The summed E-state index contributed by atoms with van der Waals surface area (Å²) in [6, 6.07) is 9.54. The van der Waals surface area contributed by atoms with Crippen molar-refractivity contribution in [3.05, 3.63) is 50.1 Å². The SMILES string of the molecule is COc1ccccc1CC(=O)c1cc(C)c(Br)s1. The summed E-state index contributed by atoms with van der Waals surface area (Å²) in [4.78, 5) is 13.0. The Morgan fingerprint density at radius 2 is 2.11 bits per heavy atom. The average Bonchev–Trinajstić information content (AvgIpc) is 2.70. The van der Waals surface area contributed by atoms with Crippen LogP contribution in [0.4, 0.5) is 0 Å². The van der Waals surface area contributed by atoms with Gasteiger partial charge in [0.05, 0.1) is 15.8 Å². The zero-order valence-electron chi connectivity index (χ0n) is 10.2. The molecule has 0 amide bonds. The van der Waals surface area contributed by atoms with Gasteiger partial charge in [0, 0.05) is 12.0 Å². The molecule has 0 fully saturated rings. The van der Waals surface area contributed by atoms with Gasteiger partial charge in [-0.15, -0.1) is 11.3 Å². The molecule has 0 spiro atoms. The molecular formula is C14H13BrO2S. The molecule has 0 unspecified atom stereocenters. The first-order valence-corrected chi connectivity index (χ1v) is 7.14. The van der Waals surface area contributed by atoms with Gasteiger partial charge >= 0.3 is 0 Å². The summed E-state index contributed by atoms with van der Waals surface area (Å²) in [5.41, 5.74) is 2.02. The van der Waals surface area contributed by atoms with Crippen molar-refractivity contribution in [2.45, 2.75) is 13.3 Å². The van der Waals surface area contributed by atoms with E-state index in [0.29, 0.717) is 6.42 Å². The van der Waals surface area contributed by atoms with Crippen LogP contribution in [0.1, 0.15) is 20.8 Å². The summed E-state index contributed by atoms with van der Waals surface area (Å²) < 4.78 is 6.27. The number of halogens is 1. The fourth-order valence-corrected chi connectivity index (χ4v) is 3.18. The molecule has 0 aliphatic heterocycles. The summed E-state index contributed by atoms with van der Waals surface area (Å²) in [5.74, 6) is 0.886. The van der Waals surface area contributed by atoms with Crippen LogP contribution in [0.2, 0.25) is 0 Å². The van der Waals surface area contributed by atoms with Gasteiger partial charge in [-0.3, -0.25) is 4.79 Å². The number of carbonyl (C=O) groups is 1. The number of para-hydroxylation sites is 1. The van der Waals surface area contributed by atoms with Gasteiger partial charge in [-0.05, 0) is 40.5 Å².